The van der Waals surface area contributed by atoms with Crippen molar-refractivity contribution in [3.8, 4) is 56.0 Å². The lowest BCUT2D eigenvalue weighted by Crippen LogP contribution is -2.13. The normalized spacial score (nSPS) is 11.4. The quantitative estimate of drug-likeness (QED) is 0.145. The van der Waals surface area contributed by atoms with Crippen molar-refractivity contribution in [3.05, 3.63) is 243 Å². The molecule has 0 saturated carbocycles. The molecule has 0 aromatic heterocycles. The van der Waals surface area contributed by atoms with Crippen LogP contribution in [-0.4, -0.2) is 0 Å². The van der Waals surface area contributed by atoms with Crippen molar-refractivity contribution in [2.45, 2.75) is 0 Å². The molecule has 0 saturated heterocycles. The van der Waals surface area contributed by atoms with E-state index in [-0.39, 0.29) is 0 Å². The Bertz CT molecular complexity index is 3070. The number of nitrogens with zero attached hydrogens (tertiary/aromatic N) is 2. The molecule has 10 aromatic carbocycles. The molecule has 10 aromatic rings. The molecule has 1 heterocycles. The first-order valence-corrected chi connectivity index (χ1v) is 20.7. The van der Waals surface area contributed by atoms with Crippen LogP contribution >= 0.6 is 0 Å². The van der Waals surface area contributed by atoms with Gasteiger partial charge < -0.3 is 14.5 Å². The second kappa shape index (κ2) is 15.6. The van der Waals surface area contributed by atoms with E-state index in [0.29, 0.717) is 0 Å². The van der Waals surface area contributed by atoms with Crippen molar-refractivity contribution in [2.24, 2.45) is 0 Å². The molecule has 0 aliphatic carbocycles. The monoisotopic (exact) mass is 780 g/mol. The highest BCUT2D eigenvalue weighted by atomic mass is 16.5. The van der Waals surface area contributed by atoms with Crippen LogP contribution in [-0.2, 0) is 0 Å². The summed E-state index contributed by atoms with van der Waals surface area (Å²) in [6.07, 6.45) is 0. The van der Waals surface area contributed by atoms with Gasteiger partial charge in [-0.25, -0.2) is 0 Å². The molecule has 0 amide bonds. The van der Waals surface area contributed by atoms with Gasteiger partial charge in [0.05, 0.1) is 5.69 Å². The smallest absolute Gasteiger partial charge is 0.159 e. The van der Waals surface area contributed by atoms with Gasteiger partial charge in [0, 0.05) is 45.5 Å². The summed E-state index contributed by atoms with van der Waals surface area (Å²) < 4.78 is 7.23. The second-order valence-corrected chi connectivity index (χ2v) is 15.3. The zero-order chi connectivity index (χ0) is 40.5. The van der Waals surface area contributed by atoms with E-state index in [4.69, 9.17) is 4.74 Å². The van der Waals surface area contributed by atoms with Gasteiger partial charge in [0.1, 0.15) is 5.75 Å². The number of para-hydroxylation sites is 2. The van der Waals surface area contributed by atoms with E-state index in [1.807, 2.05) is 0 Å². The topological polar surface area (TPSA) is 15.7 Å². The molecule has 1 aliphatic heterocycles. The Labute approximate surface area is 356 Å². The van der Waals surface area contributed by atoms with Crippen molar-refractivity contribution < 1.29 is 4.74 Å². The fourth-order valence-corrected chi connectivity index (χ4v) is 8.66. The SMILES string of the molecule is c1ccc(-c2ccc(-c3ccc(N(c4ccc(-c5ccccc5)cc4)c4ccc5cccc6c5c4Oc4cc(N(c5ccccc5)c5ccccc5)ccc4-6)cc3)cc2)cc1. The average molecular weight is 781 g/mol. The van der Waals surface area contributed by atoms with E-state index in [1.54, 1.807) is 0 Å². The summed E-state index contributed by atoms with van der Waals surface area (Å²) in [6, 6.07) is 86.2. The predicted molar refractivity (Wildman–Crippen MR) is 255 cm³/mol. The van der Waals surface area contributed by atoms with Crippen LogP contribution < -0.4 is 14.5 Å². The van der Waals surface area contributed by atoms with Crippen LogP contribution in [0.1, 0.15) is 0 Å². The Morgan fingerprint density at radius 2 is 0.705 bits per heavy atom. The summed E-state index contributed by atoms with van der Waals surface area (Å²) in [7, 11) is 0. The van der Waals surface area contributed by atoms with Gasteiger partial charge in [-0.3, -0.25) is 0 Å². The zero-order valence-electron chi connectivity index (χ0n) is 33.4. The molecule has 0 spiro atoms. The van der Waals surface area contributed by atoms with Crippen molar-refractivity contribution in [3.63, 3.8) is 0 Å². The summed E-state index contributed by atoms with van der Waals surface area (Å²) in [4.78, 5) is 4.61. The zero-order valence-corrected chi connectivity index (χ0v) is 33.4. The Morgan fingerprint density at radius 1 is 0.279 bits per heavy atom. The van der Waals surface area contributed by atoms with Gasteiger partial charge in [-0.15, -0.1) is 0 Å². The summed E-state index contributed by atoms with van der Waals surface area (Å²) in [5.41, 5.74) is 15.5. The second-order valence-electron chi connectivity index (χ2n) is 15.3. The molecule has 61 heavy (non-hydrogen) atoms. The maximum atomic E-state index is 7.23. The fraction of sp³-hybridized carbons (Fsp3) is 0. The number of benzene rings is 10. The summed E-state index contributed by atoms with van der Waals surface area (Å²) in [6.45, 7) is 0. The van der Waals surface area contributed by atoms with Crippen molar-refractivity contribution >= 4 is 44.9 Å². The van der Waals surface area contributed by atoms with E-state index in [9.17, 15) is 0 Å². The van der Waals surface area contributed by atoms with E-state index in [2.05, 4.69) is 252 Å². The Hall–Kier alpha value is -8.14. The highest BCUT2D eigenvalue weighted by molar-refractivity contribution is 6.08. The van der Waals surface area contributed by atoms with Crippen LogP contribution in [0.4, 0.5) is 34.1 Å². The molecule has 3 heteroatoms. The van der Waals surface area contributed by atoms with Crippen molar-refractivity contribution in [2.75, 3.05) is 9.80 Å². The number of hydrogen-bond acceptors (Lipinski definition) is 3. The molecule has 0 fully saturated rings. The number of hydrogen-bond donors (Lipinski definition) is 0. The molecule has 0 unspecified atom stereocenters. The van der Waals surface area contributed by atoms with E-state index in [0.717, 1.165) is 73.1 Å². The Morgan fingerprint density at radius 3 is 1.21 bits per heavy atom. The van der Waals surface area contributed by atoms with Crippen LogP contribution in [0.25, 0.3) is 55.3 Å². The predicted octanol–water partition coefficient (Wildman–Crippen LogP) is 16.6. The van der Waals surface area contributed by atoms with Gasteiger partial charge >= 0.3 is 0 Å². The minimum absolute atomic E-state index is 0.815. The largest absolute Gasteiger partial charge is 0.454 e. The third-order valence-electron chi connectivity index (χ3n) is 11.7. The number of ether oxygens (including phenoxy) is 1. The third-order valence-corrected chi connectivity index (χ3v) is 11.7. The lowest BCUT2D eigenvalue weighted by Gasteiger charge is -2.32. The molecule has 0 bridgehead atoms. The number of fused-ring (bicyclic) bond motifs is 2. The maximum Gasteiger partial charge on any atom is 0.159 e. The Kier molecular flexibility index (Phi) is 9.18. The lowest BCUT2D eigenvalue weighted by atomic mass is 9.93. The molecule has 1 aliphatic rings. The summed E-state index contributed by atoms with van der Waals surface area (Å²) in [5.74, 6) is 1.65. The molecule has 11 rings (SSSR count). The van der Waals surface area contributed by atoms with Gasteiger partial charge in [0.2, 0.25) is 0 Å². The van der Waals surface area contributed by atoms with Gasteiger partial charge in [-0.1, -0.05) is 170 Å². The van der Waals surface area contributed by atoms with E-state index in [1.165, 1.54) is 27.8 Å². The van der Waals surface area contributed by atoms with Crippen molar-refractivity contribution in [1.82, 2.24) is 0 Å². The van der Waals surface area contributed by atoms with Gasteiger partial charge in [-0.2, -0.15) is 0 Å². The van der Waals surface area contributed by atoms with Crippen LogP contribution in [0.3, 0.4) is 0 Å². The minimum atomic E-state index is 0.815. The first-order chi connectivity index (χ1) is 30.2. The molecular weight excluding hydrogens is 741 g/mol. The van der Waals surface area contributed by atoms with Crippen LogP contribution in [0.15, 0.2) is 243 Å². The first-order valence-electron chi connectivity index (χ1n) is 20.7. The van der Waals surface area contributed by atoms with Crippen molar-refractivity contribution in [1.29, 1.82) is 0 Å². The van der Waals surface area contributed by atoms with Gasteiger partial charge in [0.25, 0.3) is 0 Å². The summed E-state index contributed by atoms with van der Waals surface area (Å²) >= 11 is 0. The molecule has 0 N–H and O–H groups in total. The number of rotatable bonds is 9. The molecular formula is C58H40N2O. The fourth-order valence-electron chi connectivity index (χ4n) is 8.66. The molecule has 0 radical (unpaired) electrons. The van der Waals surface area contributed by atoms with E-state index >= 15 is 0 Å². The minimum Gasteiger partial charge on any atom is -0.454 e. The lowest BCUT2D eigenvalue weighted by molar-refractivity contribution is 0.488. The Balaban J connectivity index is 1.03. The molecule has 0 atom stereocenters. The van der Waals surface area contributed by atoms with Crippen LogP contribution in [0, 0.1) is 0 Å². The standard InChI is InChI=1S/C58H40N2O/c1-5-14-41(15-6-1)43-24-26-44(27-25-43)46-30-35-51(36-31-46)60(50-33-28-45(29-34-50)42-16-7-2-8-17-42)55-39-32-47-18-13-23-54-53-38-37-52(40-56(53)61-58(55)57(47)54)59(48-19-9-3-10-20-48)49-21-11-4-12-22-49/h1-40H. The maximum absolute atomic E-state index is 7.23. The molecule has 288 valence electrons. The van der Waals surface area contributed by atoms with E-state index < -0.39 is 0 Å². The summed E-state index contributed by atoms with van der Waals surface area (Å²) in [5, 5.41) is 2.24. The first kappa shape index (κ1) is 36.0. The highest BCUT2D eigenvalue weighted by Crippen LogP contribution is 2.54. The average Bonchev–Trinajstić information content (AvgIpc) is 3.34. The molecule has 3 nitrogen and oxygen atoms in total. The van der Waals surface area contributed by atoms with Gasteiger partial charge in [0.15, 0.2) is 5.75 Å². The van der Waals surface area contributed by atoms with Crippen LogP contribution in [0.2, 0.25) is 0 Å². The third kappa shape index (κ3) is 6.78. The van der Waals surface area contributed by atoms with Gasteiger partial charge in [-0.05, 0) is 111 Å². The number of anilines is 6. The highest BCUT2D eigenvalue weighted by Gasteiger charge is 2.27. The van der Waals surface area contributed by atoms with Crippen LogP contribution in [0.5, 0.6) is 11.5 Å².